The van der Waals surface area contributed by atoms with Crippen LogP contribution in [0.3, 0.4) is 0 Å². The molecule has 1 atom stereocenters. The number of pyridine rings is 1. The van der Waals surface area contributed by atoms with Crippen molar-refractivity contribution >= 4 is 34.3 Å². The fourth-order valence-electron chi connectivity index (χ4n) is 4.70. The maximum atomic E-state index is 12.4. The van der Waals surface area contributed by atoms with Crippen molar-refractivity contribution in [3.8, 4) is 11.3 Å². The number of carbonyl (C=O) groups is 1. The van der Waals surface area contributed by atoms with Crippen LogP contribution in [-0.2, 0) is 11.3 Å². The highest BCUT2D eigenvalue weighted by Crippen LogP contribution is 2.31. The molecule has 1 amide bonds. The maximum absolute atomic E-state index is 12.4. The third-order valence-electron chi connectivity index (χ3n) is 7.00. The average molecular weight is 567 g/mol. The standard InChI is InChI=1S/C33H42N8O/c1-7-11-23(2)21-35-32-37-24(3)41(6)33(39-32)36-22-26-12-8-9-13-28(26)31-29-16-15-27(20-25(29)17-18-34-31)38-30(42)14-10-19-40(4)5/h8-10,12-18,20,23H,3,7,11,19,21-22H2,1-2,4-6H3,(H,38,42)(H2,35,36,37,39)/b14-10+. The summed E-state index contributed by atoms with van der Waals surface area (Å²) in [5.41, 5.74) is 3.66. The number of hydrogen-bond acceptors (Lipinski definition) is 5. The number of rotatable bonds is 11. The molecular formula is C33H42N8O. The van der Waals surface area contributed by atoms with Gasteiger partial charge < -0.3 is 20.4 Å². The molecule has 0 aliphatic carbocycles. The number of nitrogens with one attached hydrogen (secondary N) is 3. The van der Waals surface area contributed by atoms with E-state index in [-0.39, 0.29) is 5.91 Å². The van der Waals surface area contributed by atoms with Crippen molar-refractivity contribution in [2.45, 2.75) is 33.2 Å². The van der Waals surface area contributed by atoms with Gasteiger partial charge in [-0.3, -0.25) is 20.1 Å². The number of aliphatic imine (C=N–C) groups is 2. The van der Waals surface area contributed by atoms with E-state index >= 15 is 0 Å². The van der Waals surface area contributed by atoms with Crippen LogP contribution in [0, 0.1) is 5.92 Å². The van der Waals surface area contributed by atoms with Gasteiger partial charge in [-0.05, 0) is 55.6 Å². The minimum atomic E-state index is -0.155. The highest BCUT2D eigenvalue weighted by atomic mass is 16.1. The van der Waals surface area contributed by atoms with Crippen LogP contribution >= 0.6 is 0 Å². The van der Waals surface area contributed by atoms with Gasteiger partial charge in [0, 0.05) is 49.0 Å². The molecule has 1 aliphatic rings. The number of fused-ring (bicyclic) bond motifs is 1. The minimum absolute atomic E-state index is 0.155. The number of benzene rings is 2. The third kappa shape index (κ3) is 8.04. The first-order valence-electron chi connectivity index (χ1n) is 14.4. The molecule has 1 aromatic heterocycles. The molecule has 1 unspecified atom stereocenters. The second-order valence-electron chi connectivity index (χ2n) is 10.9. The van der Waals surface area contributed by atoms with Crippen molar-refractivity contribution in [3.63, 3.8) is 0 Å². The van der Waals surface area contributed by atoms with E-state index in [1.807, 2.05) is 73.4 Å². The predicted molar refractivity (Wildman–Crippen MR) is 174 cm³/mol. The number of guanidine groups is 2. The molecule has 4 rings (SSSR count). The maximum Gasteiger partial charge on any atom is 0.248 e. The smallest absolute Gasteiger partial charge is 0.248 e. The zero-order valence-electron chi connectivity index (χ0n) is 25.3. The van der Waals surface area contributed by atoms with Crippen molar-refractivity contribution in [1.82, 2.24) is 25.4 Å². The van der Waals surface area contributed by atoms with E-state index in [0.29, 0.717) is 30.9 Å². The number of amides is 1. The summed E-state index contributed by atoms with van der Waals surface area (Å²) in [7, 11) is 5.84. The minimum Gasteiger partial charge on any atom is -0.323 e. The van der Waals surface area contributed by atoms with Gasteiger partial charge in [0.25, 0.3) is 0 Å². The Hall–Kier alpha value is -4.50. The van der Waals surface area contributed by atoms with E-state index in [0.717, 1.165) is 58.5 Å². The summed E-state index contributed by atoms with van der Waals surface area (Å²) in [4.78, 5) is 30.6. The normalized spacial score (nSPS) is 16.3. The lowest BCUT2D eigenvalue weighted by molar-refractivity contribution is -0.111. The second-order valence-corrected chi connectivity index (χ2v) is 10.9. The fourth-order valence-corrected chi connectivity index (χ4v) is 4.70. The van der Waals surface area contributed by atoms with Gasteiger partial charge in [0.2, 0.25) is 17.8 Å². The van der Waals surface area contributed by atoms with Gasteiger partial charge in [-0.1, -0.05) is 63.3 Å². The molecule has 1 saturated heterocycles. The number of hydrogen-bond donors (Lipinski definition) is 3. The highest BCUT2D eigenvalue weighted by molar-refractivity contribution is 6.03. The number of likely N-dealkylation sites (N-methyl/N-ethyl adjacent to an activating group) is 1. The zero-order valence-corrected chi connectivity index (χ0v) is 25.3. The van der Waals surface area contributed by atoms with Gasteiger partial charge in [0.05, 0.1) is 12.2 Å². The van der Waals surface area contributed by atoms with Crippen molar-refractivity contribution < 1.29 is 4.79 Å². The molecule has 0 saturated carbocycles. The number of carbonyl (C=O) groups excluding carboxylic acids is 1. The van der Waals surface area contributed by atoms with Crippen LogP contribution in [-0.4, -0.2) is 66.8 Å². The Bertz CT molecular complexity index is 1510. The lowest BCUT2D eigenvalue weighted by Crippen LogP contribution is -2.55. The summed E-state index contributed by atoms with van der Waals surface area (Å²) in [6.45, 7) is 10.4. The summed E-state index contributed by atoms with van der Waals surface area (Å²) >= 11 is 0. The lowest BCUT2D eigenvalue weighted by atomic mass is 9.99. The Morgan fingerprint density at radius 2 is 1.98 bits per heavy atom. The topological polar surface area (TPSA) is 97.2 Å². The quantitative estimate of drug-likeness (QED) is 0.276. The summed E-state index contributed by atoms with van der Waals surface area (Å²) in [5.74, 6) is 2.42. The molecule has 9 nitrogen and oxygen atoms in total. The summed E-state index contributed by atoms with van der Waals surface area (Å²) in [5, 5.41) is 11.5. The van der Waals surface area contributed by atoms with Crippen LogP contribution in [0.15, 0.2) is 89.3 Å². The van der Waals surface area contributed by atoms with E-state index in [9.17, 15) is 4.79 Å². The molecule has 3 aromatic rings. The van der Waals surface area contributed by atoms with E-state index < -0.39 is 0 Å². The van der Waals surface area contributed by atoms with Crippen molar-refractivity contribution in [3.05, 3.63) is 84.8 Å². The molecule has 220 valence electrons. The van der Waals surface area contributed by atoms with Crippen LogP contribution in [0.5, 0.6) is 0 Å². The largest absolute Gasteiger partial charge is 0.323 e. The predicted octanol–water partition coefficient (Wildman–Crippen LogP) is 5.20. The second kappa shape index (κ2) is 14.4. The lowest BCUT2D eigenvalue weighted by Gasteiger charge is -2.31. The molecule has 0 spiro atoms. The molecule has 3 N–H and O–H groups in total. The highest BCUT2D eigenvalue weighted by Gasteiger charge is 2.20. The molecule has 42 heavy (non-hydrogen) atoms. The molecular weight excluding hydrogens is 524 g/mol. The Morgan fingerprint density at radius 3 is 2.76 bits per heavy atom. The molecule has 0 bridgehead atoms. The van der Waals surface area contributed by atoms with Crippen LogP contribution < -0.4 is 16.0 Å². The average Bonchev–Trinajstić information content (AvgIpc) is 2.96. The van der Waals surface area contributed by atoms with Crippen molar-refractivity contribution in [2.75, 3.05) is 39.5 Å². The van der Waals surface area contributed by atoms with E-state index in [2.05, 4.69) is 48.5 Å². The SMILES string of the molecule is C=C1NC(=NCC(C)CCC)NC(=NCc2ccccc2-c2nccc3cc(NC(=O)/C=C/CN(C)C)ccc23)N1C. The van der Waals surface area contributed by atoms with E-state index in [1.165, 1.54) is 0 Å². The number of nitrogens with zero attached hydrogens (tertiary/aromatic N) is 5. The van der Waals surface area contributed by atoms with Crippen LogP contribution in [0.4, 0.5) is 5.69 Å². The summed E-state index contributed by atoms with van der Waals surface area (Å²) in [6.07, 6.45) is 7.49. The molecule has 2 aromatic carbocycles. The zero-order chi connectivity index (χ0) is 30.1. The van der Waals surface area contributed by atoms with Crippen LogP contribution in [0.2, 0.25) is 0 Å². The van der Waals surface area contributed by atoms with Crippen molar-refractivity contribution in [2.24, 2.45) is 15.9 Å². The molecule has 2 heterocycles. The summed E-state index contributed by atoms with van der Waals surface area (Å²) in [6, 6.07) is 16.0. The van der Waals surface area contributed by atoms with E-state index in [4.69, 9.17) is 15.0 Å². The Kier molecular flexibility index (Phi) is 10.4. The summed E-state index contributed by atoms with van der Waals surface area (Å²) < 4.78 is 0. The first kappa shape index (κ1) is 30.5. The molecule has 0 radical (unpaired) electrons. The first-order valence-corrected chi connectivity index (χ1v) is 14.4. The monoisotopic (exact) mass is 566 g/mol. The Morgan fingerprint density at radius 1 is 1.17 bits per heavy atom. The van der Waals surface area contributed by atoms with Gasteiger partial charge in [-0.15, -0.1) is 0 Å². The van der Waals surface area contributed by atoms with Gasteiger partial charge in [-0.25, -0.2) is 4.99 Å². The van der Waals surface area contributed by atoms with Gasteiger partial charge in [0.15, 0.2) is 0 Å². The Labute approximate surface area is 249 Å². The molecule has 9 heteroatoms. The van der Waals surface area contributed by atoms with E-state index in [1.54, 1.807) is 12.3 Å². The van der Waals surface area contributed by atoms with Gasteiger partial charge in [0.1, 0.15) is 5.82 Å². The van der Waals surface area contributed by atoms with Crippen LogP contribution in [0.25, 0.3) is 22.0 Å². The van der Waals surface area contributed by atoms with Gasteiger partial charge >= 0.3 is 0 Å². The fraction of sp³-hybridized carbons (Fsp3) is 0.333. The van der Waals surface area contributed by atoms with Crippen molar-refractivity contribution in [1.29, 1.82) is 0 Å². The van der Waals surface area contributed by atoms with Crippen LogP contribution in [0.1, 0.15) is 32.3 Å². The van der Waals surface area contributed by atoms with Gasteiger partial charge in [-0.2, -0.15) is 0 Å². The number of aromatic nitrogens is 1. The molecule has 1 aliphatic heterocycles. The third-order valence-corrected chi connectivity index (χ3v) is 7.00. The number of anilines is 1. The Balaban J connectivity index is 1.56. The molecule has 1 fully saturated rings. The first-order chi connectivity index (χ1) is 20.2.